The van der Waals surface area contributed by atoms with Gasteiger partial charge in [-0.1, -0.05) is 48.5 Å². The predicted octanol–water partition coefficient (Wildman–Crippen LogP) is 7.62. The Morgan fingerprint density at radius 3 is 1.84 bits per heavy atom. The third-order valence-corrected chi connectivity index (χ3v) is 8.47. The van der Waals surface area contributed by atoms with Gasteiger partial charge in [-0.15, -0.1) is 0 Å². The van der Waals surface area contributed by atoms with Crippen LogP contribution >= 0.6 is 0 Å². The molecule has 2 aliphatic heterocycles. The molecule has 1 amide bonds. The van der Waals surface area contributed by atoms with Gasteiger partial charge in [0.15, 0.2) is 0 Å². The maximum absolute atomic E-state index is 14.2. The Kier molecular flexibility index (Phi) is 7.72. The zero-order chi connectivity index (χ0) is 30.0. The summed E-state index contributed by atoms with van der Waals surface area (Å²) in [5, 5.41) is 6.44. The monoisotopic (exact) mass is 571 g/mol. The van der Waals surface area contributed by atoms with Crippen molar-refractivity contribution < 1.29 is 9.53 Å². The van der Waals surface area contributed by atoms with Crippen molar-refractivity contribution in [1.82, 2.24) is 5.01 Å². The third kappa shape index (κ3) is 4.65. The Morgan fingerprint density at radius 1 is 0.698 bits per heavy atom. The van der Waals surface area contributed by atoms with E-state index in [0.29, 0.717) is 5.56 Å². The lowest BCUT2D eigenvalue weighted by Crippen LogP contribution is -2.44. The second kappa shape index (κ2) is 11.8. The van der Waals surface area contributed by atoms with E-state index in [1.165, 1.54) is 0 Å². The number of amides is 1. The average molecular weight is 572 g/mol. The summed E-state index contributed by atoms with van der Waals surface area (Å²) in [4.78, 5) is 23.3. The fourth-order valence-electron chi connectivity index (χ4n) is 6.38. The van der Waals surface area contributed by atoms with Crippen molar-refractivity contribution in [3.05, 3.63) is 113 Å². The molecule has 218 valence electrons. The number of hydrogen-bond acceptors (Lipinski definition) is 6. The minimum atomic E-state index is -1.02. The number of fused-ring (bicyclic) bond motifs is 6. The minimum absolute atomic E-state index is 0.167. The highest BCUT2D eigenvalue weighted by Crippen LogP contribution is 2.58. The van der Waals surface area contributed by atoms with Gasteiger partial charge in [0.2, 0.25) is 0 Å². The summed E-state index contributed by atoms with van der Waals surface area (Å²) in [6.07, 6.45) is 3.23. The van der Waals surface area contributed by atoms with Crippen LogP contribution in [0.1, 0.15) is 54.7 Å². The molecule has 0 unspecified atom stereocenters. The van der Waals surface area contributed by atoms with Gasteiger partial charge in [-0.25, -0.2) is 5.01 Å². The molecule has 7 nitrogen and oxygen atoms in total. The van der Waals surface area contributed by atoms with Crippen molar-refractivity contribution in [3.8, 4) is 11.5 Å². The van der Waals surface area contributed by atoms with Gasteiger partial charge in [-0.3, -0.25) is 9.79 Å². The number of hydrazone groups is 1. The molecule has 2 aliphatic rings. The first-order valence-corrected chi connectivity index (χ1v) is 15.1. The molecular formula is C36H37N5O2. The highest BCUT2D eigenvalue weighted by molar-refractivity contribution is 6.17. The topological polar surface area (TPSA) is 60.7 Å². The lowest BCUT2D eigenvalue weighted by molar-refractivity contribution is 0.0675. The van der Waals surface area contributed by atoms with Crippen LogP contribution in [0.25, 0.3) is 0 Å². The Hall–Kier alpha value is -4.91. The van der Waals surface area contributed by atoms with E-state index in [4.69, 9.17) is 9.84 Å². The third-order valence-electron chi connectivity index (χ3n) is 8.47. The number of rotatable bonds is 9. The number of carbonyl (C=O) groups excluding carboxylic acids is 1. The molecule has 0 saturated heterocycles. The molecule has 4 aromatic rings. The normalized spacial score (nSPS) is 14.6. The molecule has 0 bridgehead atoms. The fraction of sp³-hybridized carbons (Fsp3) is 0.250. The summed E-state index contributed by atoms with van der Waals surface area (Å²) >= 11 is 0. The summed E-state index contributed by atoms with van der Waals surface area (Å²) in [6, 6.07) is 30.1. The summed E-state index contributed by atoms with van der Waals surface area (Å²) in [5.74, 6) is 1.27. The van der Waals surface area contributed by atoms with Gasteiger partial charge in [0.1, 0.15) is 17.0 Å². The van der Waals surface area contributed by atoms with Crippen LogP contribution in [0.15, 0.2) is 101 Å². The first-order valence-electron chi connectivity index (χ1n) is 15.1. The van der Waals surface area contributed by atoms with Crippen molar-refractivity contribution in [2.45, 2.75) is 33.2 Å². The molecule has 43 heavy (non-hydrogen) atoms. The minimum Gasteiger partial charge on any atom is -0.456 e. The average Bonchev–Trinajstić information content (AvgIpc) is 3.29. The van der Waals surface area contributed by atoms with Crippen LogP contribution in [0.5, 0.6) is 11.5 Å². The molecule has 0 N–H and O–H groups in total. The summed E-state index contributed by atoms with van der Waals surface area (Å²) in [6.45, 7) is 12.1. The van der Waals surface area contributed by atoms with E-state index in [9.17, 15) is 4.79 Å². The maximum Gasteiger partial charge on any atom is 0.275 e. The summed E-state index contributed by atoms with van der Waals surface area (Å²) < 4.78 is 6.74. The van der Waals surface area contributed by atoms with Crippen LogP contribution in [-0.2, 0) is 5.54 Å². The molecule has 1 spiro atoms. The standard InChI is InChI=1S/C36H37N5O2/c1-5-39(6-2)27-18-20-31-33(24-27)43-34-25-28(40(7-3)8-4)19-21-32(34)36(31)30-17-13-12-16-29(30)35(42)41(36)38-23-22-37-26-14-10-9-11-15-26/h9-25H,5-8H2,1-4H3/b37-22?,38-23+. The van der Waals surface area contributed by atoms with Crippen LogP contribution in [0.3, 0.4) is 0 Å². The lowest BCUT2D eigenvalue weighted by Gasteiger charge is -2.42. The van der Waals surface area contributed by atoms with Crippen molar-refractivity contribution in [1.29, 1.82) is 0 Å². The van der Waals surface area contributed by atoms with Crippen molar-refractivity contribution >= 4 is 35.4 Å². The number of nitrogens with zero attached hydrogens (tertiary/aromatic N) is 5. The maximum atomic E-state index is 14.2. The van der Waals surface area contributed by atoms with Gasteiger partial charge in [-0.2, -0.15) is 5.10 Å². The van der Waals surface area contributed by atoms with Gasteiger partial charge >= 0.3 is 0 Å². The van der Waals surface area contributed by atoms with Crippen LogP contribution in [-0.4, -0.2) is 49.5 Å². The SMILES string of the molecule is CCN(CC)c1ccc2c(c1)Oc1cc(N(CC)CC)ccc1C21c2ccccc2C(=O)N1/N=C/C=Nc1ccccc1. The quantitative estimate of drug-likeness (QED) is 0.194. The first kappa shape index (κ1) is 28.2. The number of aliphatic imine (C=N–C) groups is 1. The molecule has 0 saturated carbocycles. The Balaban J connectivity index is 1.58. The number of anilines is 2. The van der Waals surface area contributed by atoms with E-state index < -0.39 is 5.54 Å². The number of hydrogen-bond donors (Lipinski definition) is 0. The molecule has 4 aromatic carbocycles. The first-order chi connectivity index (χ1) is 21.1. The second-order valence-corrected chi connectivity index (χ2v) is 10.6. The Morgan fingerprint density at radius 2 is 1.26 bits per heavy atom. The molecule has 7 heteroatoms. The van der Waals surface area contributed by atoms with Gasteiger partial charge in [0.25, 0.3) is 5.91 Å². The highest BCUT2D eigenvalue weighted by atomic mass is 16.5. The molecule has 0 aromatic heterocycles. The number of carbonyl (C=O) groups is 1. The van der Waals surface area contributed by atoms with E-state index in [-0.39, 0.29) is 5.91 Å². The van der Waals surface area contributed by atoms with Crippen LogP contribution in [0, 0.1) is 0 Å². The molecule has 0 radical (unpaired) electrons. The molecule has 0 fully saturated rings. The molecule has 6 rings (SSSR count). The van der Waals surface area contributed by atoms with E-state index in [1.807, 2.05) is 54.6 Å². The van der Waals surface area contributed by atoms with Crippen molar-refractivity contribution in [2.75, 3.05) is 36.0 Å². The van der Waals surface area contributed by atoms with Crippen molar-refractivity contribution in [3.63, 3.8) is 0 Å². The smallest absolute Gasteiger partial charge is 0.275 e. The fourth-order valence-corrected chi connectivity index (χ4v) is 6.38. The molecular weight excluding hydrogens is 534 g/mol. The Bertz CT molecular complexity index is 1630. The number of para-hydroxylation sites is 1. The number of ether oxygens (including phenoxy) is 1. The van der Waals surface area contributed by atoms with E-state index in [0.717, 1.165) is 71.4 Å². The van der Waals surface area contributed by atoms with E-state index in [1.54, 1.807) is 17.4 Å². The lowest BCUT2D eigenvalue weighted by atomic mass is 9.75. The van der Waals surface area contributed by atoms with Crippen molar-refractivity contribution in [2.24, 2.45) is 10.1 Å². The van der Waals surface area contributed by atoms with Gasteiger partial charge < -0.3 is 14.5 Å². The summed E-state index contributed by atoms with van der Waals surface area (Å²) in [7, 11) is 0. The predicted molar refractivity (Wildman–Crippen MR) is 176 cm³/mol. The number of benzene rings is 4. The molecule has 2 heterocycles. The van der Waals surface area contributed by atoms with Crippen LogP contribution in [0.4, 0.5) is 17.1 Å². The largest absolute Gasteiger partial charge is 0.456 e. The van der Waals surface area contributed by atoms with Crippen LogP contribution in [0.2, 0.25) is 0 Å². The van der Waals surface area contributed by atoms with Crippen LogP contribution < -0.4 is 14.5 Å². The summed E-state index contributed by atoms with van der Waals surface area (Å²) in [5.41, 5.74) is 5.21. The second-order valence-electron chi connectivity index (χ2n) is 10.6. The Labute approximate surface area is 253 Å². The molecule has 0 aliphatic carbocycles. The van der Waals surface area contributed by atoms with Gasteiger partial charge in [0.05, 0.1) is 11.9 Å². The zero-order valence-electron chi connectivity index (χ0n) is 25.2. The van der Waals surface area contributed by atoms with E-state index >= 15 is 0 Å². The molecule has 0 atom stereocenters. The zero-order valence-corrected chi connectivity index (χ0v) is 25.2. The van der Waals surface area contributed by atoms with Gasteiger partial charge in [0, 0.05) is 78.2 Å². The van der Waals surface area contributed by atoms with Gasteiger partial charge in [-0.05, 0) is 58.0 Å². The highest BCUT2D eigenvalue weighted by Gasteiger charge is 2.57. The van der Waals surface area contributed by atoms with E-state index in [2.05, 4.69) is 78.9 Å².